The smallest absolute Gasteiger partial charge is 0.433 e. The van der Waals surface area contributed by atoms with Crippen LogP contribution in [0.4, 0.5) is 35.1 Å². The minimum Gasteiger partial charge on any atom is -0.481 e. The van der Waals surface area contributed by atoms with E-state index in [1.807, 2.05) is 0 Å². The number of amides is 1. The van der Waals surface area contributed by atoms with Gasteiger partial charge in [-0.15, -0.1) is 0 Å². The SMILES string of the molecule is O=C(CN(Cc1cc(F)cc(F)c1)C(=O)c1cnn(C2CCC(C(=O)O)CC2)c1C(F)(F)F)c1ccc(C(F)(F)F)cc1Cl. The van der Waals surface area contributed by atoms with Crippen LogP contribution in [0, 0.1) is 17.6 Å². The number of carboxylic acid groups (broad SMARTS) is 1. The minimum atomic E-state index is -5.15. The number of rotatable bonds is 8. The lowest BCUT2D eigenvalue weighted by Crippen LogP contribution is -2.37. The van der Waals surface area contributed by atoms with Crippen molar-refractivity contribution in [2.24, 2.45) is 5.92 Å². The van der Waals surface area contributed by atoms with Gasteiger partial charge in [0.15, 0.2) is 11.5 Å². The number of nitrogens with zero attached hydrogens (tertiary/aromatic N) is 3. The molecule has 1 amide bonds. The average molecular weight is 652 g/mol. The molecule has 4 rings (SSSR count). The molecule has 0 saturated heterocycles. The molecule has 1 aliphatic carbocycles. The highest BCUT2D eigenvalue weighted by molar-refractivity contribution is 6.34. The fraction of sp³-hybridized carbons (Fsp3) is 0.357. The predicted octanol–water partition coefficient (Wildman–Crippen LogP) is 7.19. The number of carbonyl (C=O) groups excluding carboxylic acids is 2. The van der Waals surface area contributed by atoms with Crippen LogP contribution in [-0.4, -0.2) is 44.0 Å². The van der Waals surface area contributed by atoms with Gasteiger partial charge in [0, 0.05) is 18.2 Å². The zero-order valence-electron chi connectivity index (χ0n) is 22.4. The van der Waals surface area contributed by atoms with Gasteiger partial charge in [0.25, 0.3) is 5.91 Å². The van der Waals surface area contributed by atoms with Gasteiger partial charge in [0.05, 0.1) is 40.9 Å². The van der Waals surface area contributed by atoms with Gasteiger partial charge >= 0.3 is 18.3 Å². The van der Waals surface area contributed by atoms with E-state index >= 15 is 0 Å². The van der Waals surface area contributed by atoms with E-state index in [0.717, 1.165) is 18.2 Å². The standard InChI is InChI=1S/C28H22ClF8N3O4/c29-22-9-16(27(32,33)34)3-6-20(22)23(41)13-39(12-14-7-17(30)10-18(31)8-14)25(42)21-11-38-40(24(21)28(35,36)37)19-4-1-15(2-5-19)26(43)44/h3,6-11,15,19H,1-2,4-5,12-13H2,(H,43,44). The number of Topliss-reactive ketones (excluding diaryl/α,β-unsaturated/α-hetero) is 1. The molecule has 7 nitrogen and oxygen atoms in total. The summed E-state index contributed by atoms with van der Waals surface area (Å²) in [6.45, 7) is -1.81. The number of alkyl halides is 6. The number of carboxylic acids is 1. The van der Waals surface area contributed by atoms with E-state index in [4.69, 9.17) is 11.6 Å². The van der Waals surface area contributed by atoms with Crippen molar-refractivity contribution in [3.63, 3.8) is 0 Å². The van der Waals surface area contributed by atoms with Gasteiger partial charge in [0.2, 0.25) is 0 Å². The molecule has 1 N–H and O–H groups in total. The van der Waals surface area contributed by atoms with E-state index in [-0.39, 0.29) is 31.2 Å². The van der Waals surface area contributed by atoms with Gasteiger partial charge in [-0.05, 0) is 61.6 Å². The van der Waals surface area contributed by atoms with Crippen molar-refractivity contribution in [1.29, 1.82) is 0 Å². The monoisotopic (exact) mass is 651 g/mol. The molecule has 1 aromatic heterocycles. The van der Waals surface area contributed by atoms with Crippen molar-refractivity contribution in [2.45, 2.75) is 50.6 Å². The molecule has 0 aliphatic heterocycles. The summed E-state index contributed by atoms with van der Waals surface area (Å²) in [5, 5.41) is 12.3. The van der Waals surface area contributed by atoms with Gasteiger partial charge in [0.1, 0.15) is 11.6 Å². The Morgan fingerprint density at radius 2 is 1.52 bits per heavy atom. The van der Waals surface area contributed by atoms with Crippen LogP contribution in [0.5, 0.6) is 0 Å². The zero-order valence-corrected chi connectivity index (χ0v) is 23.1. The Kier molecular flexibility index (Phi) is 9.37. The fourth-order valence-electron chi connectivity index (χ4n) is 5.11. The minimum absolute atomic E-state index is 0.0204. The topological polar surface area (TPSA) is 92.5 Å². The van der Waals surface area contributed by atoms with E-state index in [9.17, 15) is 54.6 Å². The van der Waals surface area contributed by atoms with E-state index in [1.54, 1.807) is 0 Å². The molecule has 2 aromatic carbocycles. The number of halogens is 9. The molecule has 1 saturated carbocycles. The van der Waals surface area contributed by atoms with Crippen LogP contribution in [0.15, 0.2) is 42.6 Å². The molecule has 1 aliphatic rings. The first kappa shape index (κ1) is 32.9. The van der Waals surface area contributed by atoms with E-state index < -0.39 is 94.1 Å². The highest BCUT2D eigenvalue weighted by Crippen LogP contribution is 2.39. The van der Waals surface area contributed by atoms with E-state index in [0.29, 0.717) is 34.0 Å². The molecule has 236 valence electrons. The maximum absolute atomic E-state index is 14.4. The van der Waals surface area contributed by atoms with Crippen molar-refractivity contribution >= 4 is 29.3 Å². The van der Waals surface area contributed by atoms with Crippen molar-refractivity contribution in [1.82, 2.24) is 14.7 Å². The number of hydrogen-bond acceptors (Lipinski definition) is 4. The van der Waals surface area contributed by atoms with Crippen molar-refractivity contribution in [3.05, 3.63) is 87.2 Å². The lowest BCUT2D eigenvalue weighted by molar-refractivity contribution is -0.147. The first-order valence-corrected chi connectivity index (χ1v) is 13.3. The fourth-order valence-corrected chi connectivity index (χ4v) is 5.40. The molecule has 1 heterocycles. The molecular formula is C28H22ClF8N3O4. The second-order valence-corrected chi connectivity index (χ2v) is 10.7. The Morgan fingerprint density at radius 3 is 2.05 bits per heavy atom. The van der Waals surface area contributed by atoms with Gasteiger partial charge < -0.3 is 10.0 Å². The Balaban J connectivity index is 1.71. The molecule has 0 atom stereocenters. The number of hydrogen-bond donors (Lipinski definition) is 1. The summed E-state index contributed by atoms with van der Waals surface area (Å²) in [6.07, 6.45) is -9.14. The highest BCUT2D eigenvalue weighted by Gasteiger charge is 2.43. The molecule has 3 aromatic rings. The van der Waals surface area contributed by atoms with Crippen LogP contribution >= 0.6 is 11.6 Å². The molecule has 44 heavy (non-hydrogen) atoms. The summed E-state index contributed by atoms with van der Waals surface area (Å²) < 4.78 is 111. The summed E-state index contributed by atoms with van der Waals surface area (Å²) >= 11 is 5.89. The third-order valence-corrected chi connectivity index (χ3v) is 7.51. The van der Waals surface area contributed by atoms with E-state index in [1.165, 1.54) is 0 Å². The van der Waals surface area contributed by atoms with Crippen LogP contribution in [-0.2, 0) is 23.7 Å². The molecule has 1 fully saturated rings. The summed E-state index contributed by atoms with van der Waals surface area (Å²) in [6, 6.07) is 2.94. The Hall–Kier alpha value is -4.01. The van der Waals surface area contributed by atoms with Crippen LogP contribution in [0.2, 0.25) is 5.02 Å². The van der Waals surface area contributed by atoms with Crippen LogP contribution in [0.3, 0.4) is 0 Å². The maximum atomic E-state index is 14.4. The number of benzene rings is 2. The zero-order chi connectivity index (χ0) is 32.6. The number of aromatic nitrogens is 2. The van der Waals surface area contributed by atoms with Crippen molar-refractivity contribution < 1.29 is 54.6 Å². The van der Waals surface area contributed by atoms with E-state index in [2.05, 4.69) is 5.10 Å². The van der Waals surface area contributed by atoms with Crippen molar-refractivity contribution in [2.75, 3.05) is 6.54 Å². The Labute approximate surface area is 249 Å². The molecule has 0 bridgehead atoms. The third kappa shape index (κ3) is 7.37. The Morgan fingerprint density at radius 1 is 0.909 bits per heavy atom. The number of carbonyl (C=O) groups is 3. The summed E-state index contributed by atoms with van der Waals surface area (Å²) in [7, 11) is 0. The first-order chi connectivity index (χ1) is 20.5. The Bertz CT molecular complexity index is 1560. The summed E-state index contributed by atoms with van der Waals surface area (Å²) in [5.74, 6) is -6.47. The molecular weight excluding hydrogens is 630 g/mol. The van der Waals surface area contributed by atoms with Gasteiger partial charge in [-0.1, -0.05) is 11.6 Å². The second kappa shape index (κ2) is 12.5. The second-order valence-electron chi connectivity index (χ2n) is 10.2. The largest absolute Gasteiger partial charge is 0.481 e. The summed E-state index contributed by atoms with van der Waals surface area (Å²) in [5.41, 5.74) is -4.38. The molecule has 0 radical (unpaired) electrons. The lowest BCUT2D eigenvalue weighted by atomic mass is 9.86. The highest BCUT2D eigenvalue weighted by atomic mass is 35.5. The molecule has 0 unspecified atom stereocenters. The molecule has 16 heteroatoms. The van der Waals surface area contributed by atoms with Gasteiger partial charge in [-0.25, -0.2) is 8.78 Å². The quantitative estimate of drug-likeness (QED) is 0.206. The predicted molar refractivity (Wildman–Crippen MR) is 138 cm³/mol. The normalized spacial score (nSPS) is 17.4. The molecule has 0 spiro atoms. The average Bonchev–Trinajstić information content (AvgIpc) is 3.37. The van der Waals surface area contributed by atoms with Crippen molar-refractivity contribution in [3.8, 4) is 0 Å². The summed E-state index contributed by atoms with van der Waals surface area (Å²) in [4.78, 5) is 38.6. The van der Waals surface area contributed by atoms with Crippen LogP contribution < -0.4 is 0 Å². The van der Waals surface area contributed by atoms with Gasteiger partial charge in [-0.3, -0.25) is 19.1 Å². The third-order valence-electron chi connectivity index (χ3n) is 7.20. The number of ketones is 1. The lowest BCUT2D eigenvalue weighted by Gasteiger charge is -2.28. The van der Waals surface area contributed by atoms with Crippen LogP contribution in [0.1, 0.15) is 69.3 Å². The number of aliphatic carboxylic acids is 1. The first-order valence-electron chi connectivity index (χ1n) is 13.0. The van der Waals surface area contributed by atoms with Gasteiger partial charge in [-0.2, -0.15) is 31.4 Å². The maximum Gasteiger partial charge on any atom is 0.433 e. The van der Waals surface area contributed by atoms with Crippen LogP contribution in [0.25, 0.3) is 0 Å².